The van der Waals surface area contributed by atoms with Crippen LogP contribution in [0.4, 0.5) is 15.8 Å². The second-order valence-corrected chi connectivity index (χ2v) is 4.61. The SMILES string of the molecule is COc1ccc(CCCNc2ccc(F)cc2)cc1N. The first-order valence-corrected chi connectivity index (χ1v) is 6.61. The molecule has 2 aromatic rings. The van der Waals surface area contributed by atoms with Gasteiger partial charge in [0, 0.05) is 12.2 Å². The van der Waals surface area contributed by atoms with Crippen LogP contribution in [0.3, 0.4) is 0 Å². The van der Waals surface area contributed by atoms with Gasteiger partial charge in [0.15, 0.2) is 0 Å². The van der Waals surface area contributed by atoms with Crippen molar-refractivity contribution in [3.8, 4) is 5.75 Å². The first-order chi connectivity index (χ1) is 9.69. The van der Waals surface area contributed by atoms with Crippen molar-refractivity contribution in [1.29, 1.82) is 0 Å². The van der Waals surface area contributed by atoms with Crippen molar-refractivity contribution in [2.24, 2.45) is 0 Å². The van der Waals surface area contributed by atoms with Gasteiger partial charge in [0.25, 0.3) is 0 Å². The minimum Gasteiger partial charge on any atom is -0.495 e. The number of ether oxygens (including phenoxy) is 1. The van der Waals surface area contributed by atoms with Crippen LogP contribution in [0.1, 0.15) is 12.0 Å². The van der Waals surface area contributed by atoms with Gasteiger partial charge in [0.1, 0.15) is 11.6 Å². The molecule has 0 bridgehead atoms. The molecule has 0 aliphatic heterocycles. The summed E-state index contributed by atoms with van der Waals surface area (Å²) < 4.78 is 17.9. The molecule has 106 valence electrons. The first kappa shape index (κ1) is 14.2. The van der Waals surface area contributed by atoms with E-state index in [4.69, 9.17) is 10.5 Å². The molecular weight excluding hydrogens is 255 g/mol. The van der Waals surface area contributed by atoms with E-state index in [1.807, 2.05) is 18.2 Å². The summed E-state index contributed by atoms with van der Waals surface area (Å²) in [6.07, 6.45) is 1.91. The van der Waals surface area contributed by atoms with Gasteiger partial charge in [0.05, 0.1) is 12.8 Å². The molecule has 0 atom stereocenters. The molecule has 0 aromatic heterocycles. The Balaban J connectivity index is 1.78. The summed E-state index contributed by atoms with van der Waals surface area (Å²) in [5.74, 6) is 0.488. The van der Waals surface area contributed by atoms with Crippen LogP contribution >= 0.6 is 0 Å². The Hall–Kier alpha value is -2.23. The number of hydrogen-bond acceptors (Lipinski definition) is 3. The van der Waals surface area contributed by atoms with Crippen LogP contribution in [0.5, 0.6) is 5.75 Å². The number of aryl methyl sites for hydroxylation is 1. The summed E-state index contributed by atoms with van der Waals surface area (Å²) in [4.78, 5) is 0. The fourth-order valence-corrected chi connectivity index (χ4v) is 2.03. The highest BCUT2D eigenvalue weighted by Crippen LogP contribution is 2.22. The van der Waals surface area contributed by atoms with Gasteiger partial charge in [0.2, 0.25) is 0 Å². The van der Waals surface area contributed by atoms with Gasteiger partial charge in [-0.3, -0.25) is 0 Å². The minimum atomic E-state index is -0.218. The van der Waals surface area contributed by atoms with Gasteiger partial charge in [-0.2, -0.15) is 0 Å². The molecule has 0 aliphatic carbocycles. The van der Waals surface area contributed by atoms with Crippen LogP contribution in [-0.2, 0) is 6.42 Å². The van der Waals surface area contributed by atoms with Crippen molar-refractivity contribution in [1.82, 2.24) is 0 Å². The number of nitrogens with one attached hydrogen (secondary N) is 1. The maximum Gasteiger partial charge on any atom is 0.141 e. The number of rotatable bonds is 6. The molecule has 0 fully saturated rings. The third-order valence-electron chi connectivity index (χ3n) is 3.11. The van der Waals surface area contributed by atoms with E-state index >= 15 is 0 Å². The molecule has 2 rings (SSSR count). The van der Waals surface area contributed by atoms with Crippen LogP contribution in [-0.4, -0.2) is 13.7 Å². The summed E-state index contributed by atoms with van der Waals surface area (Å²) in [5, 5.41) is 3.26. The van der Waals surface area contributed by atoms with Gasteiger partial charge in [-0.05, 0) is 54.8 Å². The predicted molar refractivity (Wildman–Crippen MR) is 80.6 cm³/mol. The lowest BCUT2D eigenvalue weighted by Crippen LogP contribution is -2.03. The van der Waals surface area contributed by atoms with E-state index in [2.05, 4.69) is 5.32 Å². The van der Waals surface area contributed by atoms with E-state index in [0.717, 1.165) is 25.1 Å². The van der Waals surface area contributed by atoms with Crippen LogP contribution in [0.15, 0.2) is 42.5 Å². The third-order valence-corrected chi connectivity index (χ3v) is 3.11. The summed E-state index contributed by atoms with van der Waals surface area (Å²) in [6.45, 7) is 0.831. The molecule has 0 unspecified atom stereocenters. The Morgan fingerprint density at radius 2 is 1.90 bits per heavy atom. The van der Waals surface area contributed by atoms with Crippen molar-refractivity contribution in [2.75, 3.05) is 24.7 Å². The molecule has 0 saturated carbocycles. The lowest BCUT2D eigenvalue weighted by Gasteiger charge is -2.08. The van der Waals surface area contributed by atoms with Gasteiger partial charge in [-0.15, -0.1) is 0 Å². The largest absolute Gasteiger partial charge is 0.495 e. The molecule has 3 N–H and O–H groups in total. The van der Waals surface area contributed by atoms with Crippen LogP contribution in [0, 0.1) is 5.82 Å². The van der Waals surface area contributed by atoms with Crippen LogP contribution < -0.4 is 15.8 Å². The molecule has 0 heterocycles. The Morgan fingerprint density at radius 1 is 1.15 bits per heavy atom. The van der Waals surface area contributed by atoms with Crippen molar-refractivity contribution in [2.45, 2.75) is 12.8 Å². The summed E-state index contributed by atoms with van der Waals surface area (Å²) >= 11 is 0. The van der Waals surface area contributed by atoms with Gasteiger partial charge in [-0.25, -0.2) is 4.39 Å². The second-order valence-electron chi connectivity index (χ2n) is 4.61. The second kappa shape index (κ2) is 6.80. The fourth-order valence-electron chi connectivity index (χ4n) is 2.03. The van der Waals surface area contributed by atoms with Crippen molar-refractivity contribution in [3.63, 3.8) is 0 Å². The highest BCUT2D eigenvalue weighted by molar-refractivity contribution is 5.54. The third kappa shape index (κ3) is 3.88. The van der Waals surface area contributed by atoms with E-state index in [1.54, 1.807) is 19.2 Å². The fraction of sp³-hybridized carbons (Fsp3) is 0.250. The van der Waals surface area contributed by atoms with E-state index in [0.29, 0.717) is 11.4 Å². The molecule has 0 radical (unpaired) electrons. The molecule has 3 nitrogen and oxygen atoms in total. The zero-order valence-corrected chi connectivity index (χ0v) is 11.5. The number of halogens is 1. The topological polar surface area (TPSA) is 47.3 Å². The zero-order valence-electron chi connectivity index (χ0n) is 11.5. The van der Waals surface area contributed by atoms with E-state index in [1.165, 1.54) is 17.7 Å². The number of nitrogen functional groups attached to an aromatic ring is 1. The Labute approximate surface area is 118 Å². The molecule has 0 amide bonds. The Bertz CT molecular complexity index is 555. The summed E-state index contributed by atoms with van der Waals surface area (Å²) in [7, 11) is 1.61. The number of nitrogens with two attached hydrogens (primary N) is 1. The summed E-state index contributed by atoms with van der Waals surface area (Å²) in [6, 6.07) is 12.2. The van der Waals surface area contributed by atoms with Crippen LogP contribution in [0.25, 0.3) is 0 Å². The minimum absolute atomic E-state index is 0.218. The lowest BCUT2D eigenvalue weighted by atomic mass is 10.1. The van der Waals surface area contributed by atoms with Crippen molar-refractivity contribution < 1.29 is 9.13 Å². The van der Waals surface area contributed by atoms with Gasteiger partial charge >= 0.3 is 0 Å². The lowest BCUT2D eigenvalue weighted by molar-refractivity contribution is 0.417. The number of benzene rings is 2. The molecule has 0 aliphatic rings. The van der Waals surface area contributed by atoms with Gasteiger partial charge < -0.3 is 15.8 Å². The van der Waals surface area contributed by atoms with E-state index in [-0.39, 0.29) is 5.82 Å². The molecule has 0 saturated heterocycles. The first-order valence-electron chi connectivity index (χ1n) is 6.61. The molecule has 4 heteroatoms. The standard InChI is InChI=1S/C16H19FN2O/c1-20-16-9-4-12(11-15(16)18)3-2-10-19-14-7-5-13(17)6-8-14/h4-9,11,19H,2-3,10,18H2,1H3. The average Bonchev–Trinajstić information content (AvgIpc) is 2.46. The maximum atomic E-state index is 12.7. The van der Waals surface area contributed by atoms with Crippen molar-refractivity contribution >= 4 is 11.4 Å². The molecule has 0 spiro atoms. The molecule has 2 aromatic carbocycles. The summed E-state index contributed by atoms with van der Waals surface area (Å²) in [5.41, 5.74) is 8.64. The highest BCUT2D eigenvalue weighted by Gasteiger charge is 2.00. The van der Waals surface area contributed by atoms with Crippen LogP contribution in [0.2, 0.25) is 0 Å². The zero-order chi connectivity index (χ0) is 14.4. The van der Waals surface area contributed by atoms with Gasteiger partial charge in [-0.1, -0.05) is 6.07 Å². The predicted octanol–water partition coefficient (Wildman–Crippen LogP) is 3.46. The smallest absolute Gasteiger partial charge is 0.141 e. The highest BCUT2D eigenvalue weighted by atomic mass is 19.1. The normalized spacial score (nSPS) is 10.3. The Morgan fingerprint density at radius 3 is 2.55 bits per heavy atom. The quantitative estimate of drug-likeness (QED) is 0.626. The van der Waals surface area contributed by atoms with E-state index in [9.17, 15) is 4.39 Å². The number of anilines is 2. The molecular formula is C16H19FN2O. The van der Waals surface area contributed by atoms with E-state index < -0.39 is 0 Å². The number of methoxy groups -OCH3 is 1. The Kier molecular flexibility index (Phi) is 4.82. The van der Waals surface area contributed by atoms with Crippen molar-refractivity contribution in [3.05, 3.63) is 53.8 Å². The average molecular weight is 274 g/mol. The monoisotopic (exact) mass is 274 g/mol. The molecule has 20 heavy (non-hydrogen) atoms. The maximum absolute atomic E-state index is 12.7. The number of hydrogen-bond donors (Lipinski definition) is 2.